The van der Waals surface area contributed by atoms with E-state index in [0.29, 0.717) is 0 Å². The first-order chi connectivity index (χ1) is 32.8. The first kappa shape index (κ1) is 39.8. The largest absolute Gasteiger partial charge is 0.376 e. The summed E-state index contributed by atoms with van der Waals surface area (Å²) in [4.78, 5) is 4.06. The summed E-state index contributed by atoms with van der Waals surface area (Å²) in [6.07, 6.45) is 2.36. The quantitative estimate of drug-likeness (QED) is 0.157. The molecular formula is C62H49BN2S3. The Labute approximate surface area is 409 Å². The summed E-state index contributed by atoms with van der Waals surface area (Å²) in [6, 6.07) is 56.9. The van der Waals surface area contributed by atoms with E-state index in [9.17, 15) is 0 Å². The number of aromatic nitrogens is 1. The Bertz CT molecular complexity index is 4190. The minimum absolute atomic E-state index is 0.0354. The molecule has 0 amide bonds. The van der Waals surface area contributed by atoms with Crippen LogP contribution in [-0.4, -0.2) is 11.4 Å². The molecule has 2 nitrogen and oxygen atoms in total. The Morgan fingerprint density at radius 2 is 1.24 bits per heavy atom. The maximum atomic E-state index is 2.75. The van der Waals surface area contributed by atoms with E-state index in [1.807, 2.05) is 34.0 Å². The zero-order valence-corrected chi connectivity index (χ0v) is 41.9. The van der Waals surface area contributed by atoms with Crippen LogP contribution in [0.3, 0.4) is 0 Å². The number of thiophene rings is 3. The minimum Gasteiger partial charge on any atom is -0.376 e. The van der Waals surface area contributed by atoms with Crippen molar-refractivity contribution in [1.29, 1.82) is 0 Å². The van der Waals surface area contributed by atoms with Gasteiger partial charge in [-0.2, -0.15) is 0 Å². The van der Waals surface area contributed by atoms with Crippen molar-refractivity contribution >= 4 is 135 Å². The third-order valence-corrected chi connectivity index (χ3v) is 19.8. The molecule has 0 N–H and O–H groups in total. The first-order valence-electron chi connectivity index (χ1n) is 24.3. The van der Waals surface area contributed by atoms with E-state index in [1.165, 1.54) is 151 Å². The zero-order valence-electron chi connectivity index (χ0n) is 39.5. The predicted octanol–water partition coefficient (Wildman–Crippen LogP) is 17.3. The van der Waals surface area contributed by atoms with E-state index in [0.717, 1.165) is 0 Å². The molecule has 0 radical (unpaired) electrons. The first-order valence-corrected chi connectivity index (χ1v) is 26.8. The van der Waals surface area contributed by atoms with Gasteiger partial charge >= 0.3 is 6.85 Å². The van der Waals surface area contributed by atoms with Crippen molar-refractivity contribution in [2.24, 2.45) is 0 Å². The fourth-order valence-electron chi connectivity index (χ4n) is 12.7. The van der Waals surface area contributed by atoms with Crippen LogP contribution < -0.4 is 15.7 Å². The lowest BCUT2D eigenvalue weighted by Crippen LogP contribution is -2.60. The molecule has 6 heterocycles. The van der Waals surface area contributed by atoms with E-state index in [4.69, 9.17) is 0 Å². The van der Waals surface area contributed by atoms with Crippen molar-refractivity contribution in [2.75, 3.05) is 4.81 Å². The van der Waals surface area contributed by atoms with Gasteiger partial charge in [0.25, 0.3) is 0 Å². The molecule has 8 aromatic carbocycles. The molecule has 6 heteroatoms. The van der Waals surface area contributed by atoms with Gasteiger partial charge in [0.05, 0.1) is 11.0 Å². The molecule has 0 saturated carbocycles. The van der Waals surface area contributed by atoms with Crippen LogP contribution in [0, 0.1) is 0 Å². The number of rotatable bonds is 2. The topological polar surface area (TPSA) is 8.17 Å². The molecule has 0 saturated heterocycles. The second kappa shape index (κ2) is 13.3. The van der Waals surface area contributed by atoms with Crippen molar-refractivity contribution < 1.29 is 0 Å². The second-order valence-electron chi connectivity index (χ2n) is 22.3. The SMILES string of the molecule is CC(C)(C)c1ccc(N2B3c4cc5cc(-c6ccccc6)sc5cc4-n4c5cc6c(cc5c5c7sc8ccccc8c7c(c3c54)-c3cc4c(cc32)sc2ccccc24)C(C)(C)CCC6(C)C)cc1. The van der Waals surface area contributed by atoms with E-state index in [2.05, 4.69) is 203 Å². The maximum absolute atomic E-state index is 2.75. The number of fused-ring (bicyclic) bond motifs is 18. The highest BCUT2D eigenvalue weighted by Gasteiger charge is 2.47. The van der Waals surface area contributed by atoms with Crippen LogP contribution in [0.2, 0.25) is 0 Å². The summed E-state index contributed by atoms with van der Waals surface area (Å²) in [7, 11) is 0. The number of nitrogens with zero attached hydrogens (tertiary/aromatic N) is 2. The van der Waals surface area contributed by atoms with E-state index in [1.54, 1.807) is 0 Å². The summed E-state index contributed by atoms with van der Waals surface area (Å²) in [5.74, 6) is 0. The minimum atomic E-state index is -0.0887. The van der Waals surface area contributed by atoms with Crippen molar-refractivity contribution in [2.45, 2.75) is 77.6 Å². The average molecular weight is 929 g/mol. The van der Waals surface area contributed by atoms with Crippen molar-refractivity contribution in [1.82, 2.24) is 4.57 Å². The van der Waals surface area contributed by atoms with Gasteiger partial charge in [-0.1, -0.05) is 133 Å². The van der Waals surface area contributed by atoms with Gasteiger partial charge in [0.15, 0.2) is 0 Å². The number of hydrogen-bond donors (Lipinski definition) is 0. The Kier molecular flexibility index (Phi) is 7.79. The van der Waals surface area contributed by atoms with Crippen molar-refractivity contribution in [3.8, 4) is 27.3 Å². The van der Waals surface area contributed by atoms with Gasteiger partial charge in [-0.15, -0.1) is 34.0 Å². The number of hydrogen-bond acceptors (Lipinski definition) is 4. The fraction of sp³-hybridized carbons (Fsp3) is 0.194. The van der Waals surface area contributed by atoms with E-state index < -0.39 is 0 Å². The summed E-state index contributed by atoms with van der Waals surface area (Å²) < 4.78 is 9.51. The van der Waals surface area contributed by atoms with E-state index >= 15 is 0 Å². The van der Waals surface area contributed by atoms with Crippen LogP contribution in [0.15, 0.2) is 146 Å². The lowest BCUT2D eigenvalue weighted by molar-refractivity contribution is 0.332. The molecule has 0 fully saturated rings. The van der Waals surface area contributed by atoms with Gasteiger partial charge in [-0.3, -0.25) is 0 Å². The van der Waals surface area contributed by atoms with Gasteiger partial charge in [0.1, 0.15) is 0 Å². The third-order valence-electron chi connectivity index (χ3n) is 16.4. The molecule has 0 atom stereocenters. The van der Waals surface area contributed by atoms with Gasteiger partial charge in [-0.05, 0) is 134 Å². The molecule has 68 heavy (non-hydrogen) atoms. The Hall–Kier alpha value is -6.18. The molecule has 4 aromatic heterocycles. The predicted molar refractivity (Wildman–Crippen MR) is 300 cm³/mol. The smallest absolute Gasteiger partial charge is 0.333 e. The Morgan fingerprint density at radius 1 is 0.559 bits per heavy atom. The summed E-state index contributed by atoms with van der Waals surface area (Å²) >= 11 is 5.85. The van der Waals surface area contributed by atoms with Gasteiger partial charge in [0.2, 0.25) is 0 Å². The Balaban J connectivity index is 1.18. The van der Waals surface area contributed by atoms with Crippen LogP contribution in [-0.2, 0) is 16.2 Å². The monoisotopic (exact) mass is 928 g/mol. The standard InChI is InChI=1S/C62H49BN2S3/c1-60(2,3)36-21-23-37(24-22-36)65-47-32-53-40(38-17-11-13-19-49(38)66-53)29-41(47)54-55-39-18-12-14-20-50(39)68-59(55)56-42-30-43-44(62(6,7)26-25-61(43,4)5)31-46(42)64-48-33-52-35(27-45(48)63(65)57(54)58(56)64)28-51(67-52)34-15-9-8-10-16-34/h8-24,27-33H,25-26H2,1-7H3. The molecule has 2 aliphatic heterocycles. The van der Waals surface area contributed by atoms with Crippen LogP contribution in [0.1, 0.15) is 78.0 Å². The van der Waals surface area contributed by atoms with Crippen LogP contribution >= 0.6 is 34.0 Å². The highest BCUT2D eigenvalue weighted by atomic mass is 32.1. The van der Waals surface area contributed by atoms with Gasteiger partial charge in [0, 0.05) is 83.3 Å². The highest BCUT2D eigenvalue weighted by molar-refractivity contribution is 7.27. The molecule has 0 bridgehead atoms. The average Bonchev–Trinajstić information content (AvgIpc) is 4.11. The number of anilines is 2. The number of benzene rings is 8. The molecule has 0 spiro atoms. The van der Waals surface area contributed by atoms with Gasteiger partial charge < -0.3 is 9.38 Å². The molecule has 1 aliphatic carbocycles. The van der Waals surface area contributed by atoms with Gasteiger partial charge in [-0.25, -0.2) is 0 Å². The molecule has 12 aromatic rings. The van der Waals surface area contributed by atoms with E-state index in [-0.39, 0.29) is 23.1 Å². The highest BCUT2D eigenvalue weighted by Crippen LogP contribution is 2.56. The lowest BCUT2D eigenvalue weighted by atomic mass is 9.43. The summed E-state index contributed by atoms with van der Waals surface area (Å²) in [5.41, 5.74) is 17.9. The molecular weight excluding hydrogens is 880 g/mol. The molecule has 328 valence electrons. The van der Waals surface area contributed by atoms with Crippen LogP contribution in [0.4, 0.5) is 11.4 Å². The van der Waals surface area contributed by atoms with Crippen molar-refractivity contribution in [3.63, 3.8) is 0 Å². The molecule has 3 aliphatic rings. The normalized spacial score (nSPS) is 15.9. The fourth-order valence-corrected chi connectivity index (χ4v) is 16.2. The Morgan fingerprint density at radius 3 is 1.99 bits per heavy atom. The summed E-state index contributed by atoms with van der Waals surface area (Å²) in [6.45, 7) is 16.8. The second-order valence-corrected chi connectivity index (χ2v) is 25.5. The van der Waals surface area contributed by atoms with Crippen LogP contribution in [0.5, 0.6) is 0 Å². The maximum Gasteiger partial charge on any atom is 0.333 e. The third kappa shape index (κ3) is 5.24. The molecule has 15 rings (SSSR count). The van der Waals surface area contributed by atoms with Crippen LogP contribution in [0.25, 0.3) is 99.5 Å². The lowest BCUT2D eigenvalue weighted by Gasteiger charge is -2.42. The zero-order chi connectivity index (χ0) is 45.7. The van der Waals surface area contributed by atoms with Crippen molar-refractivity contribution in [3.05, 3.63) is 162 Å². The summed E-state index contributed by atoms with van der Waals surface area (Å²) in [5, 5.41) is 9.55. The molecule has 0 unspecified atom stereocenters.